The van der Waals surface area contributed by atoms with Crippen molar-refractivity contribution < 1.29 is 29.2 Å². The van der Waals surface area contributed by atoms with Gasteiger partial charge in [0.25, 0.3) is 5.69 Å². The summed E-state index contributed by atoms with van der Waals surface area (Å²) in [6.45, 7) is 0.0699. The Morgan fingerprint density at radius 2 is 1.91 bits per heavy atom. The number of aliphatic hydroxyl groups excluding tert-OH is 1. The number of nitrogens with zero attached hydrogens (tertiary/aromatic N) is 2. The highest BCUT2D eigenvalue weighted by atomic mass is 35.5. The van der Waals surface area contributed by atoms with Gasteiger partial charge in [0.15, 0.2) is 0 Å². The summed E-state index contributed by atoms with van der Waals surface area (Å²) in [5.41, 5.74) is -1.14. The number of fused-ring (bicyclic) bond motifs is 4. The Bertz CT molecular complexity index is 1250. The smallest absolute Gasteiger partial charge is 0.269 e. The molecule has 2 saturated heterocycles. The van der Waals surface area contributed by atoms with Crippen LogP contribution in [0.15, 0.2) is 42.5 Å². The van der Waals surface area contributed by atoms with Crippen LogP contribution in [0.2, 0.25) is 5.02 Å². The van der Waals surface area contributed by atoms with Gasteiger partial charge in [-0.25, -0.2) is 0 Å². The van der Waals surface area contributed by atoms with Crippen molar-refractivity contribution in [1.82, 2.24) is 10.2 Å². The molecule has 0 radical (unpaired) electrons. The molecule has 0 bridgehead atoms. The van der Waals surface area contributed by atoms with Gasteiger partial charge in [0.1, 0.15) is 5.54 Å². The Morgan fingerprint density at radius 1 is 1.20 bits per heavy atom. The monoisotopic (exact) mass is 500 g/mol. The zero-order valence-corrected chi connectivity index (χ0v) is 19.2. The van der Waals surface area contributed by atoms with Crippen LogP contribution in [-0.4, -0.2) is 59.0 Å². The lowest BCUT2D eigenvalue weighted by Gasteiger charge is -2.30. The van der Waals surface area contributed by atoms with Crippen molar-refractivity contribution in [2.45, 2.75) is 17.7 Å². The number of imide groups is 1. The number of halogens is 1. The molecule has 0 aliphatic carbocycles. The lowest BCUT2D eigenvalue weighted by atomic mass is 9.76. The first-order chi connectivity index (χ1) is 16.7. The average molecular weight is 501 g/mol. The van der Waals surface area contributed by atoms with E-state index in [0.29, 0.717) is 16.3 Å². The maximum atomic E-state index is 13.6. The standard InChI is InChI=1S/C23H21ClN4O7/c1-35-9-8-27-20(30)16-17(21(27)31)23(26-18(16)19(29)11-2-4-12(24)5-3-11)14-10-13(28(33)34)6-7-15(14)25-22(23)32/h2-7,10,16-19,26,29H,8-9H2,1H3,(H,25,32)/t16-,17+,18+,19-,23-/m1/s1. The molecule has 3 N–H and O–H groups in total. The second kappa shape index (κ2) is 8.38. The van der Waals surface area contributed by atoms with E-state index >= 15 is 0 Å². The third-order valence-electron chi connectivity index (χ3n) is 7.01. The predicted octanol–water partition coefficient (Wildman–Crippen LogP) is 1.35. The molecule has 2 aromatic carbocycles. The van der Waals surface area contributed by atoms with Gasteiger partial charge in [0.05, 0.1) is 42.1 Å². The van der Waals surface area contributed by atoms with Crippen LogP contribution in [0.25, 0.3) is 0 Å². The molecule has 12 heteroatoms. The molecule has 3 amide bonds. The molecule has 1 spiro atoms. The van der Waals surface area contributed by atoms with Crippen molar-refractivity contribution in [3.63, 3.8) is 0 Å². The Labute approximate surface area is 204 Å². The number of non-ortho nitro benzene ring substituents is 1. The SMILES string of the molecule is COCCN1C(=O)[C@H]2[C@@H]([C@H](O)c3ccc(Cl)cc3)N[C@@]3(C(=O)Nc4ccc([N+](=O)[O-])cc43)[C@@H]2C1=O. The summed E-state index contributed by atoms with van der Waals surface area (Å²) in [5, 5.41) is 29.0. The maximum absolute atomic E-state index is 13.6. The van der Waals surface area contributed by atoms with E-state index < -0.39 is 52.2 Å². The average Bonchev–Trinajstić information content (AvgIpc) is 3.42. The number of nitrogens with one attached hydrogen (secondary N) is 2. The highest BCUT2D eigenvalue weighted by molar-refractivity contribution is 6.30. The van der Waals surface area contributed by atoms with Gasteiger partial charge in [-0.15, -0.1) is 0 Å². The fourth-order valence-corrected chi connectivity index (χ4v) is 5.56. The summed E-state index contributed by atoms with van der Waals surface area (Å²) in [4.78, 5) is 52.4. The zero-order valence-electron chi connectivity index (χ0n) is 18.4. The number of hydrogen-bond acceptors (Lipinski definition) is 8. The van der Waals surface area contributed by atoms with Crippen LogP contribution < -0.4 is 10.6 Å². The number of rotatable bonds is 6. The van der Waals surface area contributed by atoms with Crippen LogP contribution >= 0.6 is 11.6 Å². The lowest BCUT2D eigenvalue weighted by Crippen LogP contribution is -2.54. The minimum Gasteiger partial charge on any atom is -0.387 e. The van der Waals surface area contributed by atoms with Crippen LogP contribution in [0.5, 0.6) is 0 Å². The van der Waals surface area contributed by atoms with E-state index in [1.807, 2.05) is 0 Å². The van der Waals surface area contributed by atoms with Crippen molar-refractivity contribution in [3.8, 4) is 0 Å². The van der Waals surface area contributed by atoms with Gasteiger partial charge in [-0.3, -0.25) is 34.7 Å². The van der Waals surface area contributed by atoms with Gasteiger partial charge in [-0.1, -0.05) is 23.7 Å². The normalized spacial score (nSPS) is 27.8. The quantitative estimate of drug-likeness (QED) is 0.305. The van der Waals surface area contributed by atoms with Crippen molar-refractivity contribution in [2.75, 3.05) is 25.6 Å². The van der Waals surface area contributed by atoms with Crippen LogP contribution in [0, 0.1) is 22.0 Å². The molecule has 0 saturated carbocycles. The van der Waals surface area contributed by atoms with Crippen molar-refractivity contribution >= 4 is 40.7 Å². The van der Waals surface area contributed by atoms with E-state index in [1.165, 1.54) is 25.3 Å². The second-order valence-electron chi connectivity index (χ2n) is 8.74. The molecule has 11 nitrogen and oxygen atoms in total. The second-order valence-corrected chi connectivity index (χ2v) is 9.18. The first-order valence-electron chi connectivity index (χ1n) is 10.9. The molecule has 3 aliphatic rings. The number of nitro groups is 1. The number of carbonyl (C=O) groups is 3. The van der Waals surface area contributed by atoms with Crippen LogP contribution in [0.1, 0.15) is 17.2 Å². The van der Waals surface area contributed by atoms with Gasteiger partial charge in [0, 0.05) is 35.5 Å². The molecule has 2 aromatic rings. The molecule has 3 aliphatic heterocycles. The Balaban J connectivity index is 1.66. The van der Waals surface area contributed by atoms with Gasteiger partial charge < -0.3 is 15.2 Å². The minimum atomic E-state index is -1.78. The number of nitro benzene ring substituents is 1. The third-order valence-corrected chi connectivity index (χ3v) is 7.26. The van der Waals surface area contributed by atoms with Crippen LogP contribution in [0.3, 0.4) is 0 Å². The number of amides is 3. The number of likely N-dealkylation sites (tertiary alicyclic amines) is 1. The van der Waals surface area contributed by atoms with Crippen molar-refractivity contribution in [1.29, 1.82) is 0 Å². The molecule has 5 atom stereocenters. The van der Waals surface area contributed by atoms with E-state index in [0.717, 1.165) is 4.90 Å². The predicted molar refractivity (Wildman–Crippen MR) is 122 cm³/mol. The summed E-state index contributed by atoms with van der Waals surface area (Å²) in [6.07, 6.45) is -1.28. The van der Waals surface area contributed by atoms with Crippen molar-refractivity contribution in [3.05, 3.63) is 68.7 Å². The summed E-state index contributed by atoms with van der Waals surface area (Å²) in [6, 6.07) is 9.16. The molecule has 182 valence electrons. The summed E-state index contributed by atoms with van der Waals surface area (Å²) >= 11 is 5.97. The van der Waals surface area contributed by atoms with E-state index in [9.17, 15) is 29.6 Å². The van der Waals surface area contributed by atoms with Gasteiger partial charge in [-0.05, 0) is 23.8 Å². The highest BCUT2D eigenvalue weighted by Crippen LogP contribution is 2.55. The van der Waals surface area contributed by atoms with E-state index in [-0.39, 0.29) is 24.4 Å². The maximum Gasteiger partial charge on any atom is 0.269 e. The number of ether oxygens (including phenoxy) is 1. The summed E-state index contributed by atoms with van der Waals surface area (Å²) < 4.78 is 5.04. The molecule has 3 heterocycles. The lowest BCUT2D eigenvalue weighted by molar-refractivity contribution is -0.384. The van der Waals surface area contributed by atoms with Gasteiger partial charge in [-0.2, -0.15) is 0 Å². The first kappa shape index (κ1) is 23.4. The van der Waals surface area contributed by atoms with E-state index in [1.54, 1.807) is 24.3 Å². The molecule has 35 heavy (non-hydrogen) atoms. The number of methoxy groups -OCH3 is 1. The minimum absolute atomic E-state index is 0.0234. The number of benzene rings is 2. The number of aliphatic hydroxyl groups is 1. The fourth-order valence-electron chi connectivity index (χ4n) is 5.43. The molecular weight excluding hydrogens is 480 g/mol. The number of carbonyl (C=O) groups excluding carboxylic acids is 3. The van der Waals surface area contributed by atoms with Crippen molar-refractivity contribution in [2.24, 2.45) is 11.8 Å². The molecular formula is C23H21ClN4O7. The van der Waals surface area contributed by atoms with Gasteiger partial charge in [0.2, 0.25) is 17.7 Å². The van der Waals surface area contributed by atoms with Crippen LogP contribution in [0.4, 0.5) is 11.4 Å². The summed E-state index contributed by atoms with van der Waals surface area (Å²) in [5.74, 6) is -4.09. The van der Waals surface area contributed by atoms with Gasteiger partial charge >= 0.3 is 0 Å². The summed E-state index contributed by atoms with van der Waals surface area (Å²) in [7, 11) is 1.43. The molecule has 0 aromatic heterocycles. The molecule has 5 rings (SSSR count). The third kappa shape index (κ3) is 3.34. The van der Waals surface area contributed by atoms with E-state index in [4.69, 9.17) is 16.3 Å². The Hall–Kier alpha value is -3.38. The van der Waals surface area contributed by atoms with Crippen LogP contribution in [-0.2, 0) is 24.7 Å². The zero-order chi connectivity index (χ0) is 25.1. The Kier molecular flexibility index (Phi) is 5.59. The first-order valence-corrected chi connectivity index (χ1v) is 11.2. The highest BCUT2D eigenvalue weighted by Gasteiger charge is 2.71. The molecule has 2 fully saturated rings. The topological polar surface area (TPSA) is 151 Å². The largest absolute Gasteiger partial charge is 0.387 e. The fraction of sp³-hybridized carbons (Fsp3) is 0.348. The molecule has 0 unspecified atom stereocenters. The number of hydrogen-bond donors (Lipinski definition) is 3. The number of anilines is 1. The Morgan fingerprint density at radius 3 is 2.57 bits per heavy atom. The van der Waals surface area contributed by atoms with E-state index in [2.05, 4.69) is 10.6 Å².